The number of anilines is 1. The fraction of sp³-hybridized carbons (Fsp3) is 0.318. The van der Waals surface area contributed by atoms with Gasteiger partial charge in [0.1, 0.15) is 5.75 Å². The van der Waals surface area contributed by atoms with Gasteiger partial charge in [-0.25, -0.2) is 9.78 Å². The molecule has 0 spiro atoms. The Morgan fingerprint density at radius 3 is 2.51 bits per heavy atom. The molecule has 0 radical (unpaired) electrons. The highest BCUT2D eigenvalue weighted by Crippen LogP contribution is 2.37. The highest BCUT2D eigenvalue weighted by Gasteiger charge is 2.64. The van der Waals surface area contributed by atoms with Gasteiger partial charge in [0.2, 0.25) is 0 Å². The number of ether oxygens (including phenoxy) is 2. The van der Waals surface area contributed by atoms with Crippen LogP contribution in [0.25, 0.3) is 10.2 Å². The number of hydrogen-bond acceptors (Lipinski definition) is 7. The summed E-state index contributed by atoms with van der Waals surface area (Å²) in [5, 5.41) is 3.43. The Hall–Kier alpha value is -2.76. The Kier molecular flexibility index (Phi) is 8.34. The Bertz CT molecular complexity index is 1240. The lowest BCUT2D eigenvalue weighted by atomic mass is 10.1. The summed E-state index contributed by atoms with van der Waals surface area (Å²) >= 11 is 12.6. The number of unbranched alkanes of at least 4 members (excludes halogenated alkanes) is 1. The van der Waals surface area contributed by atoms with Gasteiger partial charge >= 0.3 is 17.8 Å². The minimum absolute atomic E-state index is 0.173. The van der Waals surface area contributed by atoms with Crippen LogP contribution >= 0.6 is 34.5 Å². The number of hydrogen-bond donors (Lipinski definition) is 2. The first-order valence-corrected chi connectivity index (χ1v) is 11.8. The van der Waals surface area contributed by atoms with Crippen LogP contribution in [0.5, 0.6) is 5.75 Å². The highest BCUT2D eigenvalue weighted by molar-refractivity contribution is 7.22. The van der Waals surface area contributed by atoms with E-state index in [0.29, 0.717) is 22.6 Å². The van der Waals surface area contributed by atoms with Crippen molar-refractivity contribution in [1.82, 2.24) is 10.3 Å². The molecule has 3 aromatic rings. The van der Waals surface area contributed by atoms with Gasteiger partial charge in [-0.3, -0.25) is 4.79 Å². The molecule has 1 heterocycles. The third-order valence-electron chi connectivity index (χ3n) is 4.81. The van der Waals surface area contributed by atoms with E-state index in [-0.39, 0.29) is 20.7 Å². The molecule has 3 rings (SSSR count). The maximum absolute atomic E-state index is 14.4. The second-order valence-corrected chi connectivity index (χ2v) is 9.17. The SMILES string of the molecule is CCCCOc1ccc2nc(N[C@@](NC(=O)c3ccc(Cl)cc3Cl)(C(=O)OC)C(F)(F)F)sc2c1. The van der Waals surface area contributed by atoms with E-state index in [1.165, 1.54) is 12.1 Å². The van der Waals surface area contributed by atoms with E-state index in [4.69, 9.17) is 27.9 Å². The van der Waals surface area contributed by atoms with Crippen molar-refractivity contribution in [1.29, 1.82) is 0 Å². The van der Waals surface area contributed by atoms with Crippen molar-refractivity contribution in [2.45, 2.75) is 31.6 Å². The fourth-order valence-electron chi connectivity index (χ4n) is 3.00. The summed E-state index contributed by atoms with van der Waals surface area (Å²) in [6.45, 7) is 2.51. The number of carbonyl (C=O) groups excluding carboxylic acids is 2. The van der Waals surface area contributed by atoms with Gasteiger partial charge < -0.3 is 20.1 Å². The highest BCUT2D eigenvalue weighted by atomic mass is 35.5. The van der Waals surface area contributed by atoms with Crippen LogP contribution in [0.15, 0.2) is 36.4 Å². The van der Waals surface area contributed by atoms with Crippen LogP contribution in [-0.2, 0) is 9.53 Å². The lowest BCUT2D eigenvalue weighted by molar-refractivity contribution is -0.203. The van der Waals surface area contributed by atoms with Gasteiger partial charge in [0, 0.05) is 5.02 Å². The van der Waals surface area contributed by atoms with Crippen LogP contribution in [0.1, 0.15) is 30.1 Å². The van der Waals surface area contributed by atoms with Crippen molar-refractivity contribution in [3.05, 3.63) is 52.0 Å². The molecule has 2 N–H and O–H groups in total. The lowest BCUT2D eigenvalue weighted by Crippen LogP contribution is -2.69. The molecule has 1 atom stereocenters. The molecule has 0 unspecified atom stereocenters. The molecule has 188 valence electrons. The summed E-state index contributed by atoms with van der Waals surface area (Å²) < 4.78 is 53.6. The van der Waals surface area contributed by atoms with Crippen molar-refractivity contribution in [3.8, 4) is 5.75 Å². The van der Waals surface area contributed by atoms with Crippen LogP contribution in [0.2, 0.25) is 10.0 Å². The Balaban J connectivity index is 1.99. The van der Waals surface area contributed by atoms with Gasteiger partial charge in [0.05, 0.1) is 34.5 Å². The molecule has 0 aliphatic rings. The van der Waals surface area contributed by atoms with E-state index in [0.717, 1.165) is 37.4 Å². The number of halogens is 5. The monoisotopic (exact) mass is 549 g/mol. The van der Waals surface area contributed by atoms with E-state index in [1.807, 2.05) is 12.2 Å². The predicted molar refractivity (Wildman–Crippen MR) is 128 cm³/mol. The predicted octanol–water partition coefficient (Wildman–Crippen LogP) is 6.06. The van der Waals surface area contributed by atoms with Crippen molar-refractivity contribution in [3.63, 3.8) is 0 Å². The molecule has 0 bridgehead atoms. The molecule has 35 heavy (non-hydrogen) atoms. The zero-order valence-electron chi connectivity index (χ0n) is 18.5. The Labute approximate surface area is 212 Å². The lowest BCUT2D eigenvalue weighted by Gasteiger charge is -2.34. The Morgan fingerprint density at radius 1 is 1.14 bits per heavy atom. The average Bonchev–Trinajstić information content (AvgIpc) is 3.18. The largest absolute Gasteiger partial charge is 0.494 e. The molecule has 1 aromatic heterocycles. The van der Waals surface area contributed by atoms with Gasteiger partial charge in [-0.15, -0.1) is 0 Å². The quantitative estimate of drug-likeness (QED) is 0.192. The van der Waals surface area contributed by atoms with E-state index >= 15 is 0 Å². The molecule has 0 fully saturated rings. The number of aromatic nitrogens is 1. The van der Waals surface area contributed by atoms with Crippen LogP contribution in [-0.4, -0.2) is 42.4 Å². The summed E-state index contributed by atoms with van der Waals surface area (Å²) in [6, 6.07) is 8.45. The van der Waals surface area contributed by atoms with E-state index < -0.39 is 23.7 Å². The first kappa shape index (κ1) is 26.8. The summed E-state index contributed by atoms with van der Waals surface area (Å²) in [6.07, 6.45) is -3.55. The summed E-state index contributed by atoms with van der Waals surface area (Å²) in [5.74, 6) is -2.55. The van der Waals surface area contributed by atoms with Crippen LogP contribution in [0, 0.1) is 0 Å². The number of nitrogens with one attached hydrogen (secondary N) is 2. The number of methoxy groups -OCH3 is 1. The molecule has 0 aliphatic carbocycles. The van der Waals surface area contributed by atoms with E-state index in [1.54, 1.807) is 23.5 Å². The van der Waals surface area contributed by atoms with E-state index in [2.05, 4.69) is 9.72 Å². The van der Waals surface area contributed by atoms with Crippen molar-refractivity contribution in [2.75, 3.05) is 19.0 Å². The zero-order valence-corrected chi connectivity index (χ0v) is 20.8. The van der Waals surface area contributed by atoms with Crippen LogP contribution in [0.4, 0.5) is 18.3 Å². The number of fused-ring (bicyclic) bond motifs is 1. The smallest absolute Gasteiger partial charge is 0.442 e. The molecule has 13 heteroatoms. The third-order valence-corrected chi connectivity index (χ3v) is 6.30. The molecule has 0 aliphatic heterocycles. The first-order chi connectivity index (χ1) is 16.5. The van der Waals surface area contributed by atoms with Gasteiger partial charge in [-0.1, -0.05) is 47.9 Å². The number of carbonyl (C=O) groups is 2. The minimum atomic E-state index is -5.33. The number of esters is 1. The maximum atomic E-state index is 14.4. The molecule has 0 saturated heterocycles. The van der Waals surface area contributed by atoms with Gasteiger partial charge in [-0.05, 0) is 42.8 Å². The maximum Gasteiger partial charge on any atom is 0.442 e. The number of alkyl halides is 3. The topological polar surface area (TPSA) is 89.5 Å². The normalized spacial score (nSPS) is 13.2. The Morgan fingerprint density at radius 2 is 1.89 bits per heavy atom. The molecule has 1 amide bonds. The van der Waals surface area contributed by atoms with E-state index in [9.17, 15) is 22.8 Å². The molecule has 7 nitrogen and oxygen atoms in total. The van der Waals surface area contributed by atoms with Crippen molar-refractivity contribution in [2.24, 2.45) is 0 Å². The number of benzene rings is 2. The molecular formula is C22H20Cl2F3N3O4S. The van der Waals surface area contributed by atoms with Crippen LogP contribution < -0.4 is 15.4 Å². The van der Waals surface area contributed by atoms with Gasteiger partial charge in [-0.2, -0.15) is 13.2 Å². The minimum Gasteiger partial charge on any atom is -0.494 e. The number of thiazole rings is 1. The zero-order chi connectivity index (χ0) is 25.8. The van der Waals surface area contributed by atoms with Crippen molar-refractivity contribution < 1.29 is 32.2 Å². The first-order valence-electron chi connectivity index (χ1n) is 10.2. The van der Waals surface area contributed by atoms with Crippen molar-refractivity contribution >= 4 is 61.8 Å². The third kappa shape index (κ3) is 5.91. The summed E-state index contributed by atoms with van der Waals surface area (Å²) in [5.41, 5.74) is -3.61. The number of rotatable bonds is 9. The van der Waals surface area contributed by atoms with Gasteiger partial charge in [0.15, 0.2) is 5.13 Å². The summed E-state index contributed by atoms with van der Waals surface area (Å²) in [7, 11) is 0.768. The summed E-state index contributed by atoms with van der Waals surface area (Å²) in [4.78, 5) is 29.4. The van der Waals surface area contributed by atoms with Gasteiger partial charge in [0.25, 0.3) is 5.91 Å². The standard InChI is InChI=1S/C22H20Cl2F3N3O4S/c1-3-4-9-34-13-6-8-16-17(11-13)35-20(28-16)30-21(19(32)33-2,22(25,26)27)29-18(31)14-7-5-12(23)10-15(14)24/h5-8,10-11H,3-4,9H2,1-2H3,(H,28,30)(H,29,31)/t21-/m0/s1. The second kappa shape index (κ2) is 10.9. The van der Waals surface area contributed by atoms with Crippen LogP contribution in [0.3, 0.4) is 0 Å². The number of amides is 1. The second-order valence-electron chi connectivity index (χ2n) is 7.29. The number of nitrogens with zero attached hydrogens (tertiary/aromatic N) is 1. The molecule has 0 saturated carbocycles. The fourth-order valence-corrected chi connectivity index (χ4v) is 4.44. The molecular weight excluding hydrogens is 530 g/mol. The molecule has 2 aromatic carbocycles. The average molecular weight is 550 g/mol.